The first-order valence-electron chi connectivity index (χ1n) is 5.19. The highest BCUT2D eigenvalue weighted by Gasteiger charge is 2.24. The predicted molar refractivity (Wildman–Crippen MR) is 61.1 cm³/mol. The van der Waals surface area contributed by atoms with Crippen LogP contribution in [0.4, 0.5) is 5.00 Å². The number of carbonyl (C=O) groups is 1. The van der Waals surface area contributed by atoms with Crippen molar-refractivity contribution in [1.29, 1.82) is 0 Å². The Hall–Kier alpha value is -1.14. The van der Waals surface area contributed by atoms with E-state index in [0.29, 0.717) is 10.9 Å². The third-order valence-electron chi connectivity index (χ3n) is 2.80. The Labute approximate surface area is 97.5 Å². The summed E-state index contributed by atoms with van der Waals surface area (Å²) in [6.45, 7) is 3.59. The van der Waals surface area contributed by atoms with Gasteiger partial charge < -0.3 is 15.2 Å². The number of aromatic carboxylic acids is 1. The molecule has 6 heteroatoms. The summed E-state index contributed by atoms with van der Waals surface area (Å²) in [4.78, 5) is 14.7. The lowest BCUT2D eigenvalue weighted by Gasteiger charge is -2.19. The van der Waals surface area contributed by atoms with E-state index in [1.807, 2.05) is 6.92 Å². The van der Waals surface area contributed by atoms with Gasteiger partial charge in [0.25, 0.3) is 0 Å². The Morgan fingerprint density at radius 2 is 2.62 bits per heavy atom. The fourth-order valence-electron chi connectivity index (χ4n) is 1.77. The van der Waals surface area contributed by atoms with Crippen LogP contribution in [0.2, 0.25) is 0 Å². The zero-order chi connectivity index (χ0) is 11.5. The number of carboxylic acid groups (broad SMARTS) is 1. The van der Waals surface area contributed by atoms with Crippen LogP contribution in [0.3, 0.4) is 0 Å². The predicted octanol–water partition coefficient (Wildman–Crippen LogP) is 1.68. The maximum Gasteiger partial charge on any atom is 0.357 e. The summed E-state index contributed by atoms with van der Waals surface area (Å²) in [7, 11) is 0. The molecule has 1 aliphatic heterocycles. The molecular weight excluding hydrogens is 228 g/mol. The van der Waals surface area contributed by atoms with E-state index < -0.39 is 5.97 Å². The van der Waals surface area contributed by atoms with Gasteiger partial charge in [-0.15, -0.1) is 11.3 Å². The van der Waals surface area contributed by atoms with Gasteiger partial charge in [0.2, 0.25) is 0 Å². The van der Waals surface area contributed by atoms with Gasteiger partial charge in [0.1, 0.15) is 5.00 Å². The molecule has 0 aliphatic carbocycles. The lowest BCUT2D eigenvalue weighted by atomic mass is 10.0. The number of hydrogen-bond acceptors (Lipinski definition) is 5. The van der Waals surface area contributed by atoms with Crippen LogP contribution in [-0.2, 0) is 4.74 Å². The second-order valence-electron chi connectivity index (χ2n) is 3.89. The minimum Gasteiger partial charge on any atom is -0.476 e. The SMILES string of the molecule is CC(Nc1scnc1C(=O)O)C1CCOC1. The van der Waals surface area contributed by atoms with Crippen LogP contribution in [-0.4, -0.2) is 35.3 Å². The molecule has 2 N–H and O–H groups in total. The van der Waals surface area contributed by atoms with Gasteiger partial charge in [-0.2, -0.15) is 0 Å². The Bertz CT molecular complexity index is 374. The Morgan fingerprint density at radius 1 is 1.81 bits per heavy atom. The molecule has 1 aromatic heterocycles. The van der Waals surface area contributed by atoms with Crippen molar-refractivity contribution in [3.63, 3.8) is 0 Å². The molecule has 1 aromatic rings. The Kier molecular flexibility index (Phi) is 3.40. The van der Waals surface area contributed by atoms with Crippen LogP contribution in [0.25, 0.3) is 0 Å². The highest BCUT2D eigenvalue weighted by atomic mass is 32.1. The van der Waals surface area contributed by atoms with E-state index in [1.165, 1.54) is 11.3 Å². The first kappa shape index (κ1) is 11.3. The normalized spacial score (nSPS) is 21.9. The lowest BCUT2D eigenvalue weighted by molar-refractivity contribution is 0.0692. The number of thiazole rings is 1. The highest BCUT2D eigenvalue weighted by molar-refractivity contribution is 7.14. The summed E-state index contributed by atoms with van der Waals surface area (Å²) in [5.41, 5.74) is 1.65. The van der Waals surface area contributed by atoms with Crippen molar-refractivity contribution in [1.82, 2.24) is 4.98 Å². The van der Waals surface area contributed by atoms with Crippen molar-refractivity contribution >= 4 is 22.3 Å². The maximum atomic E-state index is 10.9. The summed E-state index contributed by atoms with van der Waals surface area (Å²) in [5.74, 6) is -0.539. The van der Waals surface area contributed by atoms with Gasteiger partial charge in [-0.25, -0.2) is 9.78 Å². The highest BCUT2D eigenvalue weighted by Crippen LogP contribution is 2.25. The summed E-state index contributed by atoms with van der Waals surface area (Å²) < 4.78 is 5.31. The quantitative estimate of drug-likeness (QED) is 0.840. The number of ether oxygens (including phenoxy) is 1. The molecule has 0 radical (unpaired) electrons. The van der Waals surface area contributed by atoms with Gasteiger partial charge in [0, 0.05) is 18.6 Å². The minimum atomic E-state index is -0.987. The summed E-state index contributed by atoms with van der Waals surface area (Å²) in [6.07, 6.45) is 1.02. The molecule has 0 aromatic carbocycles. The van der Waals surface area contributed by atoms with E-state index in [9.17, 15) is 4.79 Å². The zero-order valence-corrected chi connectivity index (χ0v) is 9.79. The van der Waals surface area contributed by atoms with Gasteiger partial charge in [-0.05, 0) is 13.3 Å². The molecule has 0 bridgehead atoms. The van der Waals surface area contributed by atoms with Gasteiger partial charge in [0.15, 0.2) is 5.69 Å². The number of anilines is 1. The number of nitrogens with zero attached hydrogens (tertiary/aromatic N) is 1. The molecule has 2 atom stereocenters. The molecule has 5 nitrogen and oxygen atoms in total. The zero-order valence-electron chi connectivity index (χ0n) is 8.97. The first-order valence-corrected chi connectivity index (χ1v) is 6.07. The van der Waals surface area contributed by atoms with Gasteiger partial charge in [-0.3, -0.25) is 0 Å². The molecule has 0 spiro atoms. The first-order chi connectivity index (χ1) is 7.68. The average molecular weight is 242 g/mol. The van der Waals surface area contributed by atoms with Crippen molar-refractivity contribution in [2.24, 2.45) is 5.92 Å². The van der Waals surface area contributed by atoms with E-state index >= 15 is 0 Å². The van der Waals surface area contributed by atoms with Crippen molar-refractivity contribution in [2.75, 3.05) is 18.5 Å². The molecule has 16 heavy (non-hydrogen) atoms. The third-order valence-corrected chi connectivity index (χ3v) is 3.56. The number of nitrogens with one attached hydrogen (secondary N) is 1. The van der Waals surface area contributed by atoms with Crippen LogP contribution >= 0.6 is 11.3 Å². The number of aromatic nitrogens is 1. The Morgan fingerprint density at radius 3 is 3.25 bits per heavy atom. The van der Waals surface area contributed by atoms with Crippen LogP contribution < -0.4 is 5.32 Å². The third kappa shape index (κ3) is 2.33. The molecule has 0 saturated carbocycles. The summed E-state index contributed by atoms with van der Waals surface area (Å²) in [5, 5.41) is 12.8. The lowest BCUT2D eigenvalue weighted by Crippen LogP contribution is -2.26. The number of carboxylic acids is 1. The molecular formula is C10H14N2O3S. The molecule has 2 rings (SSSR count). The standard InChI is InChI=1S/C10H14N2O3S/c1-6(7-2-3-15-4-7)12-9-8(10(13)14)11-5-16-9/h5-7,12H,2-4H2,1H3,(H,13,14). The van der Waals surface area contributed by atoms with E-state index in [2.05, 4.69) is 10.3 Å². The van der Waals surface area contributed by atoms with Gasteiger partial charge in [0.05, 0.1) is 12.1 Å². The van der Waals surface area contributed by atoms with Crippen LogP contribution in [0.1, 0.15) is 23.8 Å². The van der Waals surface area contributed by atoms with Crippen molar-refractivity contribution < 1.29 is 14.6 Å². The molecule has 1 fully saturated rings. The van der Waals surface area contributed by atoms with E-state index in [-0.39, 0.29) is 11.7 Å². The van der Waals surface area contributed by atoms with Crippen molar-refractivity contribution in [3.05, 3.63) is 11.2 Å². The molecule has 0 amide bonds. The summed E-state index contributed by atoms with van der Waals surface area (Å²) >= 11 is 1.32. The summed E-state index contributed by atoms with van der Waals surface area (Å²) in [6, 6.07) is 0.209. The monoisotopic (exact) mass is 242 g/mol. The molecule has 2 unspecified atom stereocenters. The second-order valence-corrected chi connectivity index (χ2v) is 4.75. The number of hydrogen-bond donors (Lipinski definition) is 2. The number of rotatable bonds is 4. The fourth-order valence-corrected chi connectivity index (χ4v) is 2.54. The van der Waals surface area contributed by atoms with E-state index in [4.69, 9.17) is 9.84 Å². The van der Waals surface area contributed by atoms with Crippen molar-refractivity contribution in [3.8, 4) is 0 Å². The second kappa shape index (κ2) is 4.80. The topological polar surface area (TPSA) is 71.5 Å². The smallest absolute Gasteiger partial charge is 0.357 e. The van der Waals surface area contributed by atoms with Gasteiger partial charge in [-0.1, -0.05) is 0 Å². The van der Waals surface area contributed by atoms with Crippen LogP contribution in [0.5, 0.6) is 0 Å². The molecule has 88 valence electrons. The van der Waals surface area contributed by atoms with E-state index in [0.717, 1.165) is 19.6 Å². The fraction of sp³-hybridized carbons (Fsp3) is 0.600. The van der Waals surface area contributed by atoms with Crippen LogP contribution in [0.15, 0.2) is 5.51 Å². The minimum absolute atomic E-state index is 0.107. The molecule has 1 saturated heterocycles. The maximum absolute atomic E-state index is 10.9. The average Bonchev–Trinajstić information content (AvgIpc) is 2.86. The Balaban J connectivity index is 2.02. The van der Waals surface area contributed by atoms with Crippen molar-refractivity contribution in [2.45, 2.75) is 19.4 Å². The molecule has 2 heterocycles. The van der Waals surface area contributed by atoms with Gasteiger partial charge >= 0.3 is 5.97 Å². The largest absolute Gasteiger partial charge is 0.476 e. The van der Waals surface area contributed by atoms with Crippen LogP contribution in [0, 0.1) is 5.92 Å². The van der Waals surface area contributed by atoms with E-state index in [1.54, 1.807) is 5.51 Å². The molecule has 1 aliphatic rings.